The van der Waals surface area contributed by atoms with Gasteiger partial charge in [0.1, 0.15) is 5.82 Å². The molecular formula is C23H27N5O2S. The highest BCUT2D eigenvalue weighted by Gasteiger charge is 2.30. The largest absolute Gasteiger partial charge is 0.354 e. The number of aryl methyl sites for hydroxylation is 1. The second-order valence-corrected chi connectivity index (χ2v) is 10.1. The predicted molar refractivity (Wildman–Crippen MR) is 123 cm³/mol. The van der Waals surface area contributed by atoms with Gasteiger partial charge >= 0.3 is 0 Å². The van der Waals surface area contributed by atoms with Gasteiger partial charge < -0.3 is 9.80 Å². The zero-order chi connectivity index (χ0) is 21.4. The summed E-state index contributed by atoms with van der Waals surface area (Å²) in [6.45, 7) is 6.09. The third-order valence-corrected chi connectivity index (χ3v) is 8.10. The van der Waals surface area contributed by atoms with E-state index in [0.717, 1.165) is 41.3 Å². The highest BCUT2D eigenvalue weighted by atomic mass is 32.2. The van der Waals surface area contributed by atoms with E-state index >= 15 is 0 Å². The molecule has 0 amide bonds. The normalized spacial score (nSPS) is 18.1. The van der Waals surface area contributed by atoms with Crippen molar-refractivity contribution in [3.63, 3.8) is 0 Å². The molecule has 2 saturated heterocycles. The Kier molecular flexibility index (Phi) is 5.27. The van der Waals surface area contributed by atoms with Crippen LogP contribution >= 0.6 is 0 Å². The first kappa shape index (κ1) is 20.2. The molecule has 2 aliphatic heterocycles. The molecule has 0 bridgehead atoms. The van der Waals surface area contributed by atoms with Crippen LogP contribution in [0.15, 0.2) is 53.4 Å². The first-order valence-corrected chi connectivity index (χ1v) is 12.3. The number of hydrogen-bond acceptors (Lipinski definition) is 6. The smallest absolute Gasteiger partial charge is 0.243 e. The van der Waals surface area contributed by atoms with Crippen molar-refractivity contribution in [1.29, 1.82) is 0 Å². The third kappa shape index (κ3) is 3.85. The summed E-state index contributed by atoms with van der Waals surface area (Å²) < 4.78 is 28.4. The SMILES string of the molecule is Cc1cc(N2CCN(S(=O)(=O)c3cccc4ccccc34)CC2)nc(N2CCCC2)n1. The van der Waals surface area contributed by atoms with Gasteiger partial charge in [-0.1, -0.05) is 36.4 Å². The van der Waals surface area contributed by atoms with Crippen LogP contribution in [0.5, 0.6) is 0 Å². The van der Waals surface area contributed by atoms with Gasteiger partial charge in [0.2, 0.25) is 16.0 Å². The number of fused-ring (bicyclic) bond motifs is 1. The summed E-state index contributed by atoms with van der Waals surface area (Å²) in [7, 11) is -3.56. The molecule has 0 unspecified atom stereocenters. The van der Waals surface area contributed by atoms with Crippen LogP contribution in [0.4, 0.5) is 11.8 Å². The standard InChI is InChI=1S/C23H27N5O2S/c1-18-17-22(25-23(24-18)27-11-4-5-12-27)26-13-15-28(16-14-26)31(29,30)21-10-6-8-19-7-2-3-9-20(19)21/h2-3,6-10,17H,4-5,11-16H2,1H3. The minimum atomic E-state index is -3.56. The Morgan fingerprint density at radius 3 is 2.29 bits per heavy atom. The van der Waals surface area contributed by atoms with Crippen molar-refractivity contribution in [3.8, 4) is 0 Å². The molecule has 7 nitrogen and oxygen atoms in total. The van der Waals surface area contributed by atoms with Gasteiger partial charge in [0.25, 0.3) is 0 Å². The summed E-state index contributed by atoms with van der Waals surface area (Å²) in [6.07, 6.45) is 2.36. The zero-order valence-electron chi connectivity index (χ0n) is 17.7. The zero-order valence-corrected chi connectivity index (χ0v) is 18.6. The molecule has 1 aromatic heterocycles. The lowest BCUT2D eigenvalue weighted by molar-refractivity contribution is 0.384. The Balaban J connectivity index is 1.36. The van der Waals surface area contributed by atoms with Crippen LogP contribution in [-0.2, 0) is 10.0 Å². The summed E-state index contributed by atoms with van der Waals surface area (Å²) in [5.74, 6) is 1.68. The van der Waals surface area contributed by atoms with Crippen molar-refractivity contribution < 1.29 is 8.42 Å². The van der Waals surface area contributed by atoms with Crippen LogP contribution in [0.3, 0.4) is 0 Å². The quantitative estimate of drug-likeness (QED) is 0.625. The average Bonchev–Trinajstić information content (AvgIpc) is 3.33. The van der Waals surface area contributed by atoms with Crippen molar-refractivity contribution in [1.82, 2.24) is 14.3 Å². The molecule has 0 radical (unpaired) electrons. The van der Waals surface area contributed by atoms with Crippen molar-refractivity contribution in [2.45, 2.75) is 24.7 Å². The van der Waals surface area contributed by atoms with E-state index in [1.165, 1.54) is 12.8 Å². The number of aromatic nitrogens is 2. The fourth-order valence-corrected chi connectivity index (χ4v) is 6.11. The molecule has 0 atom stereocenters. The van der Waals surface area contributed by atoms with Crippen LogP contribution in [0.1, 0.15) is 18.5 Å². The number of nitrogens with zero attached hydrogens (tertiary/aromatic N) is 5. The molecule has 8 heteroatoms. The van der Waals surface area contributed by atoms with E-state index in [0.29, 0.717) is 31.1 Å². The Morgan fingerprint density at radius 2 is 1.52 bits per heavy atom. The Hall–Kier alpha value is -2.71. The molecule has 5 rings (SSSR count). The second kappa shape index (κ2) is 8.09. The number of hydrogen-bond donors (Lipinski definition) is 0. The minimum absolute atomic E-state index is 0.383. The highest BCUT2D eigenvalue weighted by molar-refractivity contribution is 7.89. The van der Waals surface area contributed by atoms with Gasteiger partial charge in [-0.05, 0) is 31.2 Å². The highest BCUT2D eigenvalue weighted by Crippen LogP contribution is 2.27. The van der Waals surface area contributed by atoms with E-state index < -0.39 is 10.0 Å². The maximum absolute atomic E-state index is 13.4. The Labute approximate surface area is 183 Å². The maximum Gasteiger partial charge on any atom is 0.243 e. The molecule has 0 spiro atoms. The summed E-state index contributed by atoms with van der Waals surface area (Å²) in [5.41, 5.74) is 0.942. The number of rotatable bonds is 4. The molecule has 2 aliphatic rings. The number of sulfonamides is 1. The fourth-order valence-electron chi connectivity index (χ4n) is 4.47. The summed E-state index contributed by atoms with van der Waals surface area (Å²) in [4.78, 5) is 14.2. The van der Waals surface area contributed by atoms with Gasteiger partial charge in [0.05, 0.1) is 4.90 Å². The average molecular weight is 438 g/mol. The van der Waals surface area contributed by atoms with Crippen LogP contribution in [-0.4, -0.2) is 62.0 Å². The Bertz CT molecular complexity index is 1190. The molecule has 3 heterocycles. The van der Waals surface area contributed by atoms with E-state index in [2.05, 4.69) is 14.8 Å². The molecule has 0 N–H and O–H groups in total. The van der Waals surface area contributed by atoms with E-state index in [1.54, 1.807) is 10.4 Å². The maximum atomic E-state index is 13.4. The summed E-state index contributed by atoms with van der Waals surface area (Å²) >= 11 is 0. The van der Waals surface area contributed by atoms with Gasteiger partial charge in [-0.2, -0.15) is 9.29 Å². The topological polar surface area (TPSA) is 69.6 Å². The van der Waals surface area contributed by atoms with Gasteiger partial charge in [-0.3, -0.25) is 0 Å². The molecule has 3 aromatic rings. The lowest BCUT2D eigenvalue weighted by atomic mass is 10.1. The van der Waals surface area contributed by atoms with E-state index in [1.807, 2.05) is 49.4 Å². The number of anilines is 2. The van der Waals surface area contributed by atoms with Crippen molar-refractivity contribution in [3.05, 3.63) is 54.2 Å². The molecule has 0 saturated carbocycles. The Morgan fingerprint density at radius 1 is 0.806 bits per heavy atom. The lowest BCUT2D eigenvalue weighted by Crippen LogP contribution is -2.49. The van der Waals surface area contributed by atoms with Crippen LogP contribution in [0.2, 0.25) is 0 Å². The number of piperazine rings is 1. The molecule has 2 fully saturated rings. The monoisotopic (exact) mass is 437 g/mol. The molecular weight excluding hydrogens is 410 g/mol. The first-order valence-electron chi connectivity index (χ1n) is 10.9. The van der Waals surface area contributed by atoms with Crippen LogP contribution in [0, 0.1) is 6.92 Å². The summed E-state index contributed by atoms with van der Waals surface area (Å²) in [6, 6.07) is 15.1. The predicted octanol–water partition coefficient (Wildman–Crippen LogP) is 3.05. The molecule has 162 valence electrons. The summed E-state index contributed by atoms with van der Waals surface area (Å²) in [5, 5.41) is 1.71. The molecule has 0 aliphatic carbocycles. The van der Waals surface area contributed by atoms with Crippen molar-refractivity contribution in [2.75, 3.05) is 49.1 Å². The van der Waals surface area contributed by atoms with Crippen molar-refractivity contribution in [2.24, 2.45) is 0 Å². The van der Waals surface area contributed by atoms with Crippen molar-refractivity contribution >= 4 is 32.6 Å². The first-order chi connectivity index (χ1) is 15.0. The van der Waals surface area contributed by atoms with Gasteiger partial charge in [-0.15, -0.1) is 0 Å². The van der Waals surface area contributed by atoms with Gasteiger partial charge in [-0.25, -0.2) is 13.4 Å². The lowest BCUT2D eigenvalue weighted by Gasteiger charge is -2.35. The minimum Gasteiger partial charge on any atom is -0.354 e. The number of benzene rings is 2. The van der Waals surface area contributed by atoms with E-state index in [4.69, 9.17) is 4.98 Å². The van der Waals surface area contributed by atoms with E-state index in [9.17, 15) is 8.42 Å². The van der Waals surface area contributed by atoms with E-state index in [-0.39, 0.29) is 0 Å². The fraction of sp³-hybridized carbons (Fsp3) is 0.391. The van der Waals surface area contributed by atoms with Gasteiger partial charge in [0.15, 0.2) is 0 Å². The van der Waals surface area contributed by atoms with Gasteiger partial charge in [0, 0.05) is 56.4 Å². The second-order valence-electron chi connectivity index (χ2n) is 8.23. The van der Waals surface area contributed by atoms with Crippen LogP contribution in [0.25, 0.3) is 10.8 Å². The third-order valence-electron chi connectivity index (χ3n) is 6.15. The molecule has 2 aromatic carbocycles. The molecule has 31 heavy (non-hydrogen) atoms. The van der Waals surface area contributed by atoms with Crippen LogP contribution < -0.4 is 9.80 Å².